The van der Waals surface area contributed by atoms with E-state index < -0.39 is 5.97 Å². The van der Waals surface area contributed by atoms with Crippen LogP contribution in [0.3, 0.4) is 0 Å². The van der Waals surface area contributed by atoms with E-state index in [0.717, 1.165) is 12.8 Å². The molecule has 0 aliphatic heterocycles. The van der Waals surface area contributed by atoms with Gasteiger partial charge in [0.2, 0.25) is 0 Å². The van der Waals surface area contributed by atoms with Crippen molar-refractivity contribution in [1.82, 2.24) is 14.9 Å². The molecule has 0 saturated heterocycles. The largest absolute Gasteiger partial charge is 0.478 e. The molecule has 2 aromatic heterocycles. The highest BCUT2D eigenvalue weighted by atomic mass is 16.7. The number of carboxylic acids is 1. The summed E-state index contributed by atoms with van der Waals surface area (Å²) < 4.78 is 0. The van der Waals surface area contributed by atoms with Gasteiger partial charge in [0.05, 0.1) is 11.8 Å². The number of fused-ring (bicyclic) bond motifs is 1. The maximum absolute atomic E-state index is 10.7. The van der Waals surface area contributed by atoms with Crippen LogP contribution in [-0.2, 0) is 0 Å². The van der Waals surface area contributed by atoms with Crippen LogP contribution in [0.5, 0.6) is 0 Å². The van der Waals surface area contributed by atoms with Gasteiger partial charge in [-0.3, -0.25) is 0 Å². The molecule has 1 fully saturated rings. The molecule has 0 bridgehead atoms. The van der Waals surface area contributed by atoms with Gasteiger partial charge in [-0.05, 0) is 18.9 Å². The highest BCUT2D eigenvalue weighted by Gasteiger charge is 2.24. The summed E-state index contributed by atoms with van der Waals surface area (Å²) in [6.07, 6.45) is 5.27. The molecule has 3 rings (SSSR count). The second-order valence-electron chi connectivity index (χ2n) is 3.78. The van der Waals surface area contributed by atoms with Crippen molar-refractivity contribution in [3.8, 4) is 0 Å². The number of hydrogen-bond donors (Lipinski definition) is 1. The maximum Gasteiger partial charge on any atom is 0.337 e. The van der Waals surface area contributed by atoms with Crippen molar-refractivity contribution in [2.75, 3.05) is 0 Å². The SMILES string of the molecule is O=C(O)c1cnc2nn(OC3CC3)cc2c1. The Hall–Kier alpha value is -2.11. The number of carbonyl (C=O) groups is 1. The summed E-state index contributed by atoms with van der Waals surface area (Å²) in [6, 6.07) is 1.53. The Labute approximate surface area is 90.4 Å². The lowest BCUT2D eigenvalue weighted by atomic mass is 10.2. The molecule has 0 atom stereocenters. The van der Waals surface area contributed by atoms with Crippen molar-refractivity contribution in [3.63, 3.8) is 0 Å². The van der Waals surface area contributed by atoms with Crippen molar-refractivity contribution in [3.05, 3.63) is 24.0 Å². The predicted molar refractivity (Wildman–Crippen MR) is 54.1 cm³/mol. The van der Waals surface area contributed by atoms with Crippen molar-refractivity contribution in [2.45, 2.75) is 18.9 Å². The van der Waals surface area contributed by atoms with Crippen LogP contribution in [0.25, 0.3) is 11.0 Å². The van der Waals surface area contributed by atoms with Gasteiger partial charge in [-0.15, -0.1) is 9.94 Å². The van der Waals surface area contributed by atoms with Gasteiger partial charge in [0.1, 0.15) is 6.10 Å². The second kappa shape index (κ2) is 3.19. The van der Waals surface area contributed by atoms with Gasteiger partial charge in [-0.1, -0.05) is 0 Å². The summed E-state index contributed by atoms with van der Waals surface area (Å²) in [5.41, 5.74) is 0.643. The second-order valence-corrected chi connectivity index (χ2v) is 3.78. The number of hydrogen-bond acceptors (Lipinski definition) is 4. The van der Waals surface area contributed by atoms with Crippen LogP contribution < -0.4 is 4.84 Å². The first-order valence-corrected chi connectivity index (χ1v) is 4.98. The van der Waals surface area contributed by atoms with Gasteiger partial charge in [0.15, 0.2) is 5.65 Å². The summed E-state index contributed by atoms with van der Waals surface area (Å²) in [7, 11) is 0. The molecule has 1 N–H and O–H groups in total. The van der Waals surface area contributed by atoms with Gasteiger partial charge in [-0.2, -0.15) is 0 Å². The first-order valence-electron chi connectivity index (χ1n) is 4.98. The van der Waals surface area contributed by atoms with E-state index in [2.05, 4.69) is 10.1 Å². The number of aromatic carboxylic acids is 1. The van der Waals surface area contributed by atoms with Crippen LogP contribution in [0.2, 0.25) is 0 Å². The van der Waals surface area contributed by atoms with Crippen molar-refractivity contribution in [2.24, 2.45) is 0 Å². The number of pyridine rings is 1. The van der Waals surface area contributed by atoms with Crippen LogP contribution in [0.1, 0.15) is 23.2 Å². The zero-order chi connectivity index (χ0) is 11.1. The Morgan fingerprint density at radius 1 is 1.56 bits per heavy atom. The lowest BCUT2D eigenvalue weighted by molar-refractivity contribution is 0.0695. The monoisotopic (exact) mass is 219 g/mol. The molecule has 16 heavy (non-hydrogen) atoms. The average Bonchev–Trinajstić information content (AvgIpc) is 2.96. The van der Waals surface area contributed by atoms with Crippen LogP contribution in [0, 0.1) is 0 Å². The lowest BCUT2D eigenvalue weighted by Gasteiger charge is -1.99. The van der Waals surface area contributed by atoms with Crippen LogP contribution in [0.4, 0.5) is 0 Å². The molecule has 2 heterocycles. The Bertz CT molecular complexity index is 559. The molecule has 0 aromatic carbocycles. The highest BCUT2D eigenvalue weighted by Crippen LogP contribution is 2.21. The number of nitrogens with zero attached hydrogens (tertiary/aromatic N) is 3. The summed E-state index contributed by atoms with van der Waals surface area (Å²) in [6.45, 7) is 0. The fraction of sp³-hybridized carbons (Fsp3) is 0.300. The first kappa shape index (κ1) is 9.14. The van der Waals surface area contributed by atoms with Gasteiger partial charge >= 0.3 is 5.97 Å². The molecule has 82 valence electrons. The normalized spacial score (nSPS) is 15.2. The van der Waals surface area contributed by atoms with Crippen LogP contribution in [-0.4, -0.2) is 32.1 Å². The molecule has 1 aliphatic rings. The third-order valence-corrected chi connectivity index (χ3v) is 2.37. The standard InChI is InChI=1S/C10H9N3O3/c14-10(15)6-3-7-5-13(16-8-1-2-8)12-9(7)11-4-6/h3-5,8H,1-2H2,(H,14,15). The third-order valence-electron chi connectivity index (χ3n) is 2.37. The van der Waals surface area contributed by atoms with Gasteiger partial charge in [0, 0.05) is 11.6 Å². The number of rotatable bonds is 3. The molecule has 0 radical (unpaired) electrons. The van der Waals surface area contributed by atoms with E-state index in [1.807, 2.05) is 0 Å². The summed E-state index contributed by atoms with van der Waals surface area (Å²) in [5, 5.41) is 13.6. The summed E-state index contributed by atoms with van der Waals surface area (Å²) in [4.78, 5) is 21.5. The molecule has 0 spiro atoms. The quantitative estimate of drug-likeness (QED) is 0.823. The van der Waals surface area contributed by atoms with E-state index in [1.165, 1.54) is 17.1 Å². The van der Waals surface area contributed by atoms with Crippen LogP contribution in [0.15, 0.2) is 18.5 Å². The Morgan fingerprint density at radius 3 is 3.06 bits per heavy atom. The van der Waals surface area contributed by atoms with Gasteiger partial charge in [-0.25, -0.2) is 9.78 Å². The molecule has 1 aliphatic carbocycles. The minimum Gasteiger partial charge on any atom is -0.478 e. The van der Waals surface area contributed by atoms with Crippen molar-refractivity contribution >= 4 is 17.0 Å². The molecule has 0 unspecified atom stereocenters. The van der Waals surface area contributed by atoms with E-state index in [0.29, 0.717) is 11.0 Å². The lowest BCUT2D eigenvalue weighted by Crippen LogP contribution is -2.13. The Kier molecular flexibility index (Phi) is 1.82. The van der Waals surface area contributed by atoms with E-state index in [1.54, 1.807) is 6.20 Å². The molecular formula is C10H9N3O3. The molecule has 2 aromatic rings. The van der Waals surface area contributed by atoms with E-state index in [4.69, 9.17) is 9.94 Å². The number of carboxylic acid groups (broad SMARTS) is 1. The summed E-state index contributed by atoms with van der Waals surface area (Å²) in [5.74, 6) is -0.995. The molecule has 6 nitrogen and oxygen atoms in total. The maximum atomic E-state index is 10.7. The fourth-order valence-electron chi connectivity index (χ4n) is 1.39. The van der Waals surface area contributed by atoms with Gasteiger partial charge in [0.25, 0.3) is 0 Å². The van der Waals surface area contributed by atoms with Crippen molar-refractivity contribution in [1.29, 1.82) is 0 Å². The van der Waals surface area contributed by atoms with Crippen molar-refractivity contribution < 1.29 is 14.7 Å². The Balaban J connectivity index is 1.99. The van der Waals surface area contributed by atoms with E-state index in [9.17, 15) is 4.79 Å². The zero-order valence-corrected chi connectivity index (χ0v) is 8.33. The zero-order valence-electron chi connectivity index (χ0n) is 8.33. The average molecular weight is 219 g/mol. The summed E-state index contributed by atoms with van der Waals surface area (Å²) >= 11 is 0. The highest BCUT2D eigenvalue weighted by molar-refractivity contribution is 5.91. The molecule has 0 amide bonds. The molecule has 6 heteroatoms. The minimum atomic E-state index is -0.995. The topological polar surface area (TPSA) is 77.2 Å². The van der Waals surface area contributed by atoms with Crippen LogP contribution >= 0.6 is 0 Å². The third kappa shape index (κ3) is 1.58. The predicted octanol–water partition coefficient (Wildman–Crippen LogP) is 0.720. The number of aromatic nitrogens is 3. The molecule has 1 saturated carbocycles. The first-order chi connectivity index (χ1) is 7.72. The minimum absolute atomic E-state index is 0.151. The fourth-order valence-corrected chi connectivity index (χ4v) is 1.39. The van der Waals surface area contributed by atoms with E-state index >= 15 is 0 Å². The Morgan fingerprint density at radius 2 is 2.38 bits per heavy atom. The van der Waals surface area contributed by atoms with Gasteiger partial charge < -0.3 is 9.94 Å². The smallest absolute Gasteiger partial charge is 0.337 e. The van der Waals surface area contributed by atoms with E-state index in [-0.39, 0.29) is 11.7 Å². The molecular weight excluding hydrogens is 210 g/mol.